The first-order valence-electron chi connectivity index (χ1n) is 11.5. The number of nitrogens with zero attached hydrogens (tertiary/aromatic N) is 5. The highest BCUT2D eigenvalue weighted by molar-refractivity contribution is 7.10. The van der Waals surface area contributed by atoms with Crippen molar-refractivity contribution in [2.24, 2.45) is 11.8 Å². The Morgan fingerprint density at radius 3 is 2.60 bits per heavy atom. The largest absolute Gasteiger partial charge is 0.573 e. The van der Waals surface area contributed by atoms with Crippen molar-refractivity contribution in [3.8, 4) is 16.9 Å². The van der Waals surface area contributed by atoms with Crippen LogP contribution in [-0.4, -0.2) is 44.5 Å². The van der Waals surface area contributed by atoms with Crippen molar-refractivity contribution in [2.45, 2.75) is 32.2 Å². The molecule has 0 spiro atoms. The molecule has 1 aliphatic carbocycles. The first-order chi connectivity index (χ1) is 16.8. The van der Waals surface area contributed by atoms with E-state index < -0.39 is 6.36 Å². The minimum Gasteiger partial charge on any atom is -0.406 e. The van der Waals surface area contributed by atoms with E-state index in [0.29, 0.717) is 34.6 Å². The second-order valence-electron chi connectivity index (χ2n) is 9.18. The fourth-order valence-electron chi connectivity index (χ4n) is 5.34. The normalized spacial score (nSPS) is 22.1. The zero-order chi connectivity index (χ0) is 24.2. The van der Waals surface area contributed by atoms with Crippen LogP contribution in [0.5, 0.6) is 5.75 Å². The van der Waals surface area contributed by atoms with E-state index in [9.17, 15) is 13.2 Å². The number of piperidine rings is 1. The fourth-order valence-corrected chi connectivity index (χ4v) is 6.12. The van der Waals surface area contributed by atoms with Crippen LogP contribution in [0.25, 0.3) is 16.8 Å². The molecule has 3 aromatic heterocycles. The average molecular weight is 501 g/mol. The molecule has 4 heterocycles. The van der Waals surface area contributed by atoms with E-state index in [2.05, 4.69) is 30.5 Å². The monoisotopic (exact) mass is 500 g/mol. The van der Waals surface area contributed by atoms with E-state index in [-0.39, 0.29) is 11.8 Å². The molecule has 1 saturated heterocycles. The molecular formula is C24H23F3N6OS. The van der Waals surface area contributed by atoms with Gasteiger partial charge in [-0.25, -0.2) is 4.52 Å². The lowest BCUT2D eigenvalue weighted by Crippen LogP contribution is -2.48. The summed E-state index contributed by atoms with van der Waals surface area (Å²) in [6, 6.07) is 12.0. The summed E-state index contributed by atoms with van der Waals surface area (Å²) in [4.78, 5) is 7.16. The number of alkyl halides is 3. The lowest BCUT2D eigenvalue weighted by atomic mass is 9.92. The van der Waals surface area contributed by atoms with Gasteiger partial charge in [-0.15, -0.1) is 18.3 Å². The Balaban J connectivity index is 1.24. The maximum Gasteiger partial charge on any atom is 0.573 e. The van der Waals surface area contributed by atoms with E-state index in [1.165, 1.54) is 23.2 Å². The Labute approximate surface area is 203 Å². The summed E-state index contributed by atoms with van der Waals surface area (Å²) < 4.78 is 48.2. The van der Waals surface area contributed by atoms with Gasteiger partial charge in [-0.2, -0.15) is 9.36 Å². The summed E-state index contributed by atoms with van der Waals surface area (Å²) in [6.45, 7) is 3.96. The molecule has 0 radical (unpaired) electrons. The van der Waals surface area contributed by atoms with Crippen molar-refractivity contribution in [1.29, 1.82) is 0 Å². The molecule has 1 N–H and O–H groups in total. The van der Waals surface area contributed by atoms with Gasteiger partial charge in [0.2, 0.25) is 5.95 Å². The van der Waals surface area contributed by atoms with Gasteiger partial charge in [-0.3, -0.25) is 0 Å². The summed E-state index contributed by atoms with van der Waals surface area (Å²) in [5, 5.41) is 9.42. The van der Waals surface area contributed by atoms with Gasteiger partial charge in [0.05, 0.1) is 5.69 Å². The van der Waals surface area contributed by atoms with Crippen LogP contribution in [0.4, 0.5) is 24.1 Å². The predicted molar refractivity (Wildman–Crippen MR) is 128 cm³/mol. The number of nitrogens with one attached hydrogen (secondary N) is 1. The Bertz CT molecular complexity index is 1350. The topological polar surface area (TPSA) is 67.6 Å². The number of pyridine rings is 1. The molecule has 2 bridgehead atoms. The van der Waals surface area contributed by atoms with Crippen LogP contribution >= 0.6 is 11.5 Å². The van der Waals surface area contributed by atoms with Crippen molar-refractivity contribution in [3.05, 3.63) is 54.4 Å². The fraction of sp³-hybridized carbons (Fsp3) is 0.375. The molecule has 182 valence electrons. The number of benzene rings is 1. The zero-order valence-electron chi connectivity index (χ0n) is 18.9. The van der Waals surface area contributed by atoms with E-state index in [0.717, 1.165) is 31.6 Å². The highest BCUT2D eigenvalue weighted by Crippen LogP contribution is 2.41. The van der Waals surface area contributed by atoms with Gasteiger partial charge in [0.25, 0.3) is 0 Å². The van der Waals surface area contributed by atoms with Crippen LogP contribution in [-0.2, 0) is 0 Å². The molecule has 11 heteroatoms. The number of halogens is 3. The molecule has 0 unspecified atom stereocenters. The number of ether oxygens (including phenoxy) is 1. The number of hydrogen-bond acceptors (Lipinski definition) is 7. The molecule has 35 heavy (non-hydrogen) atoms. The first-order valence-corrected chi connectivity index (χ1v) is 12.3. The van der Waals surface area contributed by atoms with Crippen molar-refractivity contribution in [2.75, 3.05) is 23.3 Å². The third-order valence-electron chi connectivity index (χ3n) is 6.80. The van der Waals surface area contributed by atoms with Crippen LogP contribution in [0.1, 0.15) is 18.5 Å². The molecule has 1 aromatic carbocycles. The predicted octanol–water partition coefficient (Wildman–Crippen LogP) is 5.39. The number of hydrogen-bond donors (Lipinski definition) is 1. The number of aromatic nitrogens is 4. The van der Waals surface area contributed by atoms with Crippen LogP contribution in [0.15, 0.2) is 48.7 Å². The van der Waals surface area contributed by atoms with Gasteiger partial charge in [0, 0.05) is 30.9 Å². The van der Waals surface area contributed by atoms with Gasteiger partial charge >= 0.3 is 6.36 Å². The lowest BCUT2D eigenvalue weighted by molar-refractivity contribution is -0.274. The smallest absolute Gasteiger partial charge is 0.406 e. The van der Waals surface area contributed by atoms with Crippen LogP contribution in [0, 0.1) is 18.8 Å². The summed E-state index contributed by atoms with van der Waals surface area (Å²) in [5.41, 5.74) is 2.88. The van der Waals surface area contributed by atoms with Crippen molar-refractivity contribution < 1.29 is 17.9 Å². The van der Waals surface area contributed by atoms with Gasteiger partial charge in [-0.05, 0) is 79.0 Å². The number of fused-ring (bicyclic) bond motifs is 3. The highest BCUT2D eigenvalue weighted by Gasteiger charge is 2.43. The second kappa shape index (κ2) is 8.40. The third kappa shape index (κ3) is 4.40. The minimum atomic E-state index is -4.75. The molecular weight excluding hydrogens is 477 g/mol. The molecule has 7 nitrogen and oxygen atoms in total. The van der Waals surface area contributed by atoms with Gasteiger partial charge in [0.15, 0.2) is 5.65 Å². The summed E-state index contributed by atoms with van der Waals surface area (Å²) >= 11 is 1.56. The van der Waals surface area contributed by atoms with E-state index in [4.69, 9.17) is 4.98 Å². The van der Waals surface area contributed by atoms with Crippen LogP contribution < -0.4 is 15.0 Å². The Morgan fingerprint density at radius 1 is 1.09 bits per heavy atom. The van der Waals surface area contributed by atoms with E-state index in [1.54, 1.807) is 34.4 Å². The Hall–Kier alpha value is -3.34. The number of aryl methyl sites for hydroxylation is 1. The average Bonchev–Trinajstić information content (AvgIpc) is 3.48. The van der Waals surface area contributed by atoms with Crippen LogP contribution in [0.3, 0.4) is 0 Å². The van der Waals surface area contributed by atoms with Crippen molar-refractivity contribution >= 4 is 28.1 Å². The van der Waals surface area contributed by atoms with Crippen LogP contribution in [0.2, 0.25) is 0 Å². The van der Waals surface area contributed by atoms with Crippen molar-refractivity contribution in [1.82, 2.24) is 19.0 Å². The standard InChI is InChI=1S/C24H23F3N6OS/c1-14-10-20(35-31-14)32-12-16-7-8-17(13-32)21(16)28-23-29-22-19(6-3-9-33(22)30-23)15-4-2-5-18(11-15)34-24(25,26)27/h2-6,9-11,16-17,21H,7-8,12-13H2,1H3,(H,28,30)/t16-,17+,21-. The number of rotatable bonds is 5. The summed E-state index contributed by atoms with van der Waals surface area (Å²) in [6.07, 6.45) is -0.650. The van der Waals surface area contributed by atoms with Crippen molar-refractivity contribution in [3.63, 3.8) is 0 Å². The second-order valence-corrected chi connectivity index (χ2v) is 9.96. The van der Waals surface area contributed by atoms with E-state index in [1.807, 2.05) is 13.0 Å². The first kappa shape index (κ1) is 22.1. The molecule has 1 saturated carbocycles. The zero-order valence-corrected chi connectivity index (χ0v) is 19.7. The Morgan fingerprint density at radius 2 is 1.89 bits per heavy atom. The van der Waals surface area contributed by atoms with Gasteiger partial charge in [0.1, 0.15) is 10.8 Å². The van der Waals surface area contributed by atoms with Gasteiger partial charge < -0.3 is 15.0 Å². The molecule has 0 amide bonds. The molecule has 1 aliphatic heterocycles. The van der Waals surface area contributed by atoms with Gasteiger partial charge in [-0.1, -0.05) is 12.1 Å². The van der Waals surface area contributed by atoms with E-state index >= 15 is 0 Å². The quantitative estimate of drug-likeness (QED) is 0.397. The third-order valence-corrected chi connectivity index (χ3v) is 7.74. The molecule has 6 rings (SSSR count). The summed E-state index contributed by atoms with van der Waals surface area (Å²) in [5.74, 6) is 1.23. The Kier molecular flexibility index (Phi) is 5.32. The SMILES string of the molecule is Cc1cc(N2C[C@H]3CC[C@@H](C2)[C@@H]3Nc2nc3c(-c4cccc(OC(F)(F)F)c4)cccn3n2)sn1. The minimum absolute atomic E-state index is 0.269. The maximum absolute atomic E-state index is 12.7. The maximum atomic E-state index is 12.7. The molecule has 3 atom stereocenters. The molecule has 4 aromatic rings. The number of anilines is 2. The lowest BCUT2D eigenvalue weighted by Gasteiger charge is -2.38. The molecule has 2 fully saturated rings. The summed E-state index contributed by atoms with van der Waals surface area (Å²) in [7, 11) is 0. The molecule has 2 aliphatic rings. The highest BCUT2D eigenvalue weighted by atomic mass is 32.1.